The highest BCUT2D eigenvalue weighted by molar-refractivity contribution is 5.84. The van der Waals surface area contributed by atoms with Gasteiger partial charge in [0.1, 0.15) is 6.29 Å². The largest absolute Gasteiger partial charge is 0.469 e. The van der Waals surface area contributed by atoms with E-state index in [2.05, 4.69) is 23.1 Å². The molecule has 4 heteroatoms. The van der Waals surface area contributed by atoms with E-state index < -0.39 is 5.92 Å². The van der Waals surface area contributed by atoms with Gasteiger partial charge in [-0.3, -0.25) is 4.79 Å². The van der Waals surface area contributed by atoms with Crippen molar-refractivity contribution in [3.63, 3.8) is 0 Å². The van der Waals surface area contributed by atoms with Crippen LogP contribution < -0.4 is 4.90 Å². The number of nitrogens with zero attached hydrogens (tertiary/aromatic N) is 1. The van der Waals surface area contributed by atoms with E-state index in [1.807, 2.05) is 30.3 Å². The normalized spacial score (nSPS) is 15.0. The number of hydrogen-bond donors (Lipinski definition) is 0. The van der Waals surface area contributed by atoms with Gasteiger partial charge in [-0.15, -0.1) is 0 Å². The van der Waals surface area contributed by atoms with Crippen LogP contribution in [-0.2, 0) is 14.3 Å². The zero-order chi connectivity index (χ0) is 17.6. The van der Waals surface area contributed by atoms with Crippen LogP contribution in [0.2, 0.25) is 0 Å². The van der Waals surface area contributed by atoms with Gasteiger partial charge in [-0.1, -0.05) is 36.4 Å². The summed E-state index contributed by atoms with van der Waals surface area (Å²) >= 11 is 0. The summed E-state index contributed by atoms with van der Waals surface area (Å²) in [5.74, 6) is -0.933. The molecule has 1 atom stereocenters. The van der Waals surface area contributed by atoms with Crippen LogP contribution in [0.15, 0.2) is 48.5 Å². The van der Waals surface area contributed by atoms with Crippen molar-refractivity contribution in [1.82, 2.24) is 0 Å². The summed E-state index contributed by atoms with van der Waals surface area (Å²) < 4.78 is 4.89. The van der Waals surface area contributed by atoms with Gasteiger partial charge in [-0.25, -0.2) is 0 Å². The van der Waals surface area contributed by atoms with E-state index in [4.69, 9.17) is 4.74 Å². The summed E-state index contributed by atoms with van der Waals surface area (Å²) in [7, 11) is 1.36. The van der Waals surface area contributed by atoms with Crippen LogP contribution in [0.1, 0.15) is 30.7 Å². The molecule has 2 aromatic rings. The molecule has 0 radical (unpaired) electrons. The summed E-state index contributed by atoms with van der Waals surface area (Å²) in [6.07, 6.45) is 3.31. The minimum absolute atomic E-state index is 0.129. The maximum Gasteiger partial charge on any atom is 0.313 e. The molecule has 0 unspecified atom stereocenters. The van der Waals surface area contributed by atoms with Gasteiger partial charge in [0.25, 0.3) is 0 Å². The van der Waals surface area contributed by atoms with E-state index in [0.29, 0.717) is 0 Å². The molecule has 1 fully saturated rings. The van der Waals surface area contributed by atoms with Crippen LogP contribution in [0.4, 0.5) is 5.69 Å². The third kappa shape index (κ3) is 3.73. The topological polar surface area (TPSA) is 46.6 Å². The van der Waals surface area contributed by atoms with Gasteiger partial charge in [0.05, 0.1) is 13.0 Å². The molecule has 0 N–H and O–H groups in total. The van der Waals surface area contributed by atoms with E-state index in [9.17, 15) is 9.59 Å². The maximum absolute atomic E-state index is 12.1. The number of carbonyl (C=O) groups is 2. The van der Waals surface area contributed by atoms with Crippen LogP contribution >= 0.6 is 0 Å². The lowest BCUT2D eigenvalue weighted by Gasteiger charge is -2.23. The lowest BCUT2D eigenvalue weighted by atomic mass is 9.91. The molecule has 130 valence electrons. The van der Waals surface area contributed by atoms with Crippen molar-refractivity contribution in [1.29, 1.82) is 0 Å². The van der Waals surface area contributed by atoms with Gasteiger partial charge < -0.3 is 14.4 Å². The number of methoxy groups -OCH3 is 1. The number of aldehydes is 1. The van der Waals surface area contributed by atoms with E-state index in [1.54, 1.807) is 0 Å². The van der Waals surface area contributed by atoms with Crippen molar-refractivity contribution in [2.75, 3.05) is 25.1 Å². The molecule has 3 rings (SSSR count). The average Bonchev–Trinajstić information content (AvgIpc) is 3.20. The number of hydrogen-bond acceptors (Lipinski definition) is 4. The predicted molar refractivity (Wildman–Crippen MR) is 98.8 cm³/mol. The molecule has 25 heavy (non-hydrogen) atoms. The smallest absolute Gasteiger partial charge is 0.313 e. The Balaban J connectivity index is 2.07. The summed E-state index contributed by atoms with van der Waals surface area (Å²) in [5.41, 5.74) is 4.21. The standard InChI is InChI=1S/C21H23NO3/c1-25-21(24)18(11-14-23)17-9-10-20(22-12-5-6-13-22)19(15-17)16-7-3-2-4-8-16/h2-4,7-10,14-15,18H,5-6,11-13H2,1H3/t18-/m1/s1. The Kier molecular flexibility index (Phi) is 5.49. The fourth-order valence-electron chi connectivity index (χ4n) is 3.46. The minimum Gasteiger partial charge on any atom is -0.469 e. The first-order chi connectivity index (χ1) is 12.2. The molecule has 0 spiro atoms. The molecule has 1 aliphatic rings. The second-order valence-electron chi connectivity index (χ2n) is 6.31. The monoisotopic (exact) mass is 337 g/mol. The number of rotatable bonds is 6. The number of ether oxygens (including phenoxy) is 1. The first-order valence-corrected chi connectivity index (χ1v) is 8.70. The van der Waals surface area contributed by atoms with Gasteiger partial charge in [-0.2, -0.15) is 0 Å². The Morgan fingerprint density at radius 2 is 1.88 bits per heavy atom. The lowest BCUT2D eigenvalue weighted by molar-refractivity contribution is -0.143. The van der Waals surface area contributed by atoms with Crippen molar-refractivity contribution in [3.05, 3.63) is 54.1 Å². The van der Waals surface area contributed by atoms with Crippen LogP contribution in [0.5, 0.6) is 0 Å². The molecule has 0 amide bonds. The van der Waals surface area contributed by atoms with Crippen molar-refractivity contribution >= 4 is 17.9 Å². The van der Waals surface area contributed by atoms with Crippen LogP contribution in [0.25, 0.3) is 11.1 Å². The summed E-state index contributed by atoms with van der Waals surface area (Å²) in [6.45, 7) is 2.10. The van der Waals surface area contributed by atoms with E-state index >= 15 is 0 Å². The first-order valence-electron chi connectivity index (χ1n) is 8.70. The Bertz CT molecular complexity index is 736. The Hall–Kier alpha value is -2.62. The second kappa shape index (κ2) is 7.97. The maximum atomic E-state index is 12.1. The zero-order valence-corrected chi connectivity index (χ0v) is 14.5. The SMILES string of the molecule is COC(=O)[C@H](CC=O)c1ccc(N2CCCC2)c(-c2ccccc2)c1. The zero-order valence-electron chi connectivity index (χ0n) is 14.5. The van der Waals surface area contributed by atoms with Crippen molar-refractivity contribution in [2.24, 2.45) is 0 Å². The van der Waals surface area contributed by atoms with Gasteiger partial charge in [0.15, 0.2) is 0 Å². The second-order valence-corrected chi connectivity index (χ2v) is 6.31. The van der Waals surface area contributed by atoms with Gasteiger partial charge in [0, 0.05) is 30.8 Å². The molecule has 1 saturated heterocycles. The van der Waals surface area contributed by atoms with Crippen molar-refractivity contribution in [2.45, 2.75) is 25.2 Å². The number of anilines is 1. The van der Waals surface area contributed by atoms with Crippen LogP contribution in [-0.4, -0.2) is 32.5 Å². The molecular formula is C21H23NO3. The quantitative estimate of drug-likeness (QED) is 0.594. The third-order valence-electron chi connectivity index (χ3n) is 4.77. The lowest BCUT2D eigenvalue weighted by Crippen LogP contribution is -2.19. The third-order valence-corrected chi connectivity index (χ3v) is 4.77. The van der Waals surface area contributed by atoms with E-state index in [1.165, 1.54) is 25.6 Å². The Labute approximate surface area is 148 Å². The summed E-state index contributed by atoms with van der Waals surface area (Å²) in [6, 6.07) is 16.2. The van der Waals surface area contributed by atoms with Crippen LogP contribution in [0.3, 0.4) is 0 Å². The first kappa shape index (κ1) is 17.2. The molecule has 0 bridgehead atoms. The average molecular weight is 337 g/mol. The predicted octanol–water partition coefficient (Wildman–Crippen LogP) is 3.80. The Morgan fingerprint density at radius 1 is 1.16 bits per heavy atom. The number of esters is 1. The van der Waals surface area contributed by atoms with E-state index in [0.717, 1.165) is 36.1 Å². The number of carbonyl (C=O) groups excluding carboxylic acids is 2. The summed E-state index contributed by atoms with van der Waals surface area (Å²) in [4.78, 5) is 25.5. The van der Waals surface area contributed by atoms with Crippen LogP contribution in [0, 0.1) is 0 Å². The molecule has 1 aliphatic heterocycles. The number of benzene rings is 2. The van der Waals surface area contributed by atoms with E-state index in [-0.39, 0.29) is 12.4 Å². The molecule has 2 aromatic carbocycles. The highest BCUT2D eigenvalue weighted by Gasteiger charge is 2.24. The highest BCUT2D eigenvalue weighted by Crippen LogP contribution is 2.36. The minimum atomic E-state index is -0.558. The fourth-order valence-corrected chi connectivity index (χ4v) is 3.46. The molecule has 4 nitrogen and oxygen atoms in total. The molecule has 0 aromatic heterocycles. The Morgan fingerprint density at radius 3 is 2.52 bits per heavy atom. The van der Waals surface area contributed by atoms with Gasteiger partial charge in [0.2, 0.25) is 0 Å². The molecular weight excluding hydrogens is 314 g/mol. The fraction of sp³-hybridized carbons (Fsp3) is 0.333. The molecule has 0 saturated carbocycles. The molecule has 0 aliphatic carbocycles. The van der Waals surface area contributed by atoms with Crippen molar-refractivity contribution < 1.29 is 14.3 Å². The van der Waals surface area contributed by atoms with Gasteiger partial charge in [-0.05, 0) is 36.1 Å². The molecule has 1 heterocycles. The van der Waals surface area contributed by atoms with Gasteiger partial charge >= 0.3 is 5.97 Å². The van der Waals surface area contributed by atoms with Crippen molar-refractivity contribution in [3.8, 4) is 11.1 Å². The highest BCUT2D eigenvalue weighted by atomic mass is 16.5. The summed E-state index contributed by atoms with van der Waals surface area (Å²) in [5, 5.41) is 0.